The molecule has 1 amide bonds. The van der Waals surface area contributed by atoms with Gasteiger partial charge in [-0.15, -0.1) is 0 Å². The lowest BCUT2D eigenvalue weighted by Gasteiger charge is -2.11. The molecule has 0 bridgehead atoms. The number of carbonyl (C=O) groups is 1. The summed E-state index contributed by atoms with van der Waals surface area (Å²) in [6, 6.07) is 11.8. The first-order chi connectivity index (χ1) is 9.11. The van der Waals surface area contributed by atoms with Crippen molar-refractivity contribution in [2.45, 2.75) is 0 Å². The molecule has 0 aliphatic heterocycles. The third-order valence-electron chi connectivity index (χ3n) is 2.59. The van der Waals surface area contributed by atoms with E-state index in [4.69, 9.17) is 20.9 Å². The largest absolute Gasteiger partial charge is 0.494 e. The van der Waals surface area contributed by atoms with Crippen LogP contribution in [0.5, 0.6) is 17.2 Å². The normalized spacial score (nSPS) is 9.95. The van der Waals surface area contributed by atoms with E-state index < -0.39 is 5.91 Å². The van der Waals surface area contributed by atoms with E-state index in [0.29, 0.717) is 28.5 Å². The van der Waals surface area contributed by atoms with Gasteiger partial charge in [-0.05, 0) is 30.3 Å². The van der Waals surface area contributed by atoms with Crippen molar-refractivity contribution in [3.63, 3.8) is 0 Å². The Bertz CT molecular complexity index is 611. The minimum absolute atomic E-state index is 0.374. The SMILES string of the molecule is COc1cccc(Oc2cccc(C(N)=O)c2)c1N. The van der Waals surface area contributed by atoms with Crippen LogP contribution in [0.2, 0.25) is 0 Å². The maximum absolute atomic E-state index is 11.1. The van der Waals surface area contributed by atoms with Gasteiger partial charge in [0.05, 0.1) is 7.11 Å². The molecule has 4 N–H and O–H groups in total. The van der Waals surface area contributed by atoms with Crippen LogP contribution in [0.25, 0.3) is 0 Å². The summed E-state index contributed by atoms with van der Waals surface area (Å²) in [6.07, 6.45) is 0. The number of anilines is 1. The van der Waals surface area contributed by atoms with Crippen molar-refractivity contribution < 1.29 is 14.3 Å². The molecule has 5 heteroatoms. The van der Waals surface area contributed by atoms with Gasteiger partial charge in [0, 0.05) is 5.56 Å². The summed E-state index contributed by atoms with van der Waals surface area (Å²) >= 11 is 0. The molecule has 0 spiro atoms. The van der Waals surface area contributed by atoms with Gasteiger partial charge in [-0.3, -0.25) is 4.79 Å². The molecule has 0 saturated carbocycles. The topological polar surface area (TPSA) is 87.6 Å². The van der Waals surface area contributed by atoms with Crippen molar-refractivity contribution in [1.82, 2.24) is 0 Å². The van der Waals surface area contributed by atoms with Crippen LogP contribution < -0.4 is 20.9 Å². The van der Waals surface area contributed by atoms with Crippen LogP contribution in [0.3, 0.4) is 0 Å². The zero-order chi connectivity index (χ0) is 13.8. The van der Waals surface area contributed by atoms with Gasteiger partial charge in [-0.25, -0.2) is 0 Å². The first-order valence-corrected chi connectivity index (χ1v) is 5.62. The second-order valence-corrected chi connectivity index (χ2v) is 3.87. The Morgan fingerprint density at radius 3 is 2.47 bits per heavy atom. The lowest BCUT2D eigenvalue weighted by Crippen LogP contribution is -2.10. The van der Waals surface area contributed by atoms with E-state index in [1.807, 2.05) is 0 Å². The Hall–Kier alpha value is -2.69. The third-order valence-corrected chi connectivity index (χ3v) is 2.59. The Morgan fingerprint density at radius 2 is 1.79 bits per heavy atom. The van der Waals surface area contributed by atoms with E-state index in [9.17, 15) is 4.79 Å². The van der Waals surface area contributed by atoms with Crippen molar-refractivity contribution in [2.75, 3.05) is 12.8 Å². The molecule has 0 fully saturated rings. The molecule has 0 atom stereocenters. The second-order valence-electron chi connectivity index (χ2n) is 3.87. The van der Waals surface area contributed by atoms with Crippen LogP contribution in [-0.4, -0.2) is 13.0 Å². The number of carbonyl (C=O) groups excluding carboxylic acids is 1. The van der Waals surface area contributed by atoms with Crippen LogP contribution >= 0.6 is 0 Å². The fourth-order valence-electron chi connectivity index (χ4n) is 1.63. The van der Waals surface area contributed by atoms with Crippen molar-refractivity contribution in [2.24, 2.45) is 5.73 Å². The predicted octanol–water partition coefficient (Wildman–Crippen LogP) is 2.17. The highest BCUT2D eigenvalue weighted by Crippen LogP contribution is 2.34. The number of rotatable bonds is 4. The molecule has 19 heavy (non-hydrogen) atoms. The summed E-state index contributed by atoms with van der Waals surface area (Å²) in [6.45, 7) is 0. The van der Waals surface area contributed by atoms with Crippen molar-refractivity contribution in [3.05, 3.63) is 48.0 Å². The van der Waals surface area contributed by atoms with Gasteiger partial charge in [0.15, 0.2) is 5.75 Å². The molecule has 0 unspecified atom stereocenters. The number of ether oxygens (including phenoxy) is 2. The van der Waals surface area contributed by atoms with Crippen LogP contribution in [-0.2, 0) is 0 Å². The van der Waals surface area contributed by atoms with Gasteiger partial charge in [0.1, 0.15) is 17.2 Å². The first-order valence-electron chi connectivity index (χ1n) is 5.62. The number of amides is 1. The summed E-state index contributed by atoms with van der Waals surface area (Å²) in [7, 11) is 1.53. The highest BCUT2D eigenvalue weighted by atomic mass is 16.5. The monoisotopic (exact) mass is 258 g/mol. The maximum atomic E-state index is 11.1. The maximum Gasteiger partial charge on any atom is 0.248 e. The number of hydrogen-bond acceptors (Lipinski definition) is 4. The Morgan fingerprint density at radius 1 is 1.11 bits per heavy atom. The second kappa shape index (κ2) is 5.30. The predicted molar refractivity (Wildman–Crippen MR) is 72.4 cm³/mol. The van der Waals surface area contributed by atoms with Gasteiger partial charge < -0.3 is 20.9 Å². The number of para-hydroxylation sites is 1. The van der Waals surface area contributed by atoms with Crippen LogP contribution in [0.4, 0.5) is 5.69 Å². The van der Waals surface area contributed by atoms with E-state index in [1.54, 1.807) is 42.5 Å². The Labute approximate surface area is 110 Å². The molecule has 5 nitrogen and oxygen atoms in total. The lowest BCUT2D eigenvalue weighted by atomic mass is 10.2. The quantitative estimate of drug-likeness (QED) is 0.823. The molecule has 2 aromatic carbocycles. The highest BCUT2D eigenvalue weighted by Gasteiger charge is 2.08. The number of nitrogen functional groups attached to an aromatic ring is 1. The van der Waals surface area contributed by atoms with E-state index in [1.165, 1.54) is 7.11 Å². The molecule has 0 aliphatic rings. The van der Waals surface area contributed by atoms with Crippen LogP contribution in [0, 0.1) is 0 Å². The number of primary amides is 1. The van der Waals surface area contributed by atoms with Gasteiger partial charge in [-0.2, -0.15) is 0 Å². The Kier molecular flexibility index (Phi) is 3.56. The average molecular weight is 258 g/mol. The third kappa shape index (κ3) is 2.77. The molecule has 2 rings (SSSR count). The van der Waals surface area contributed by atoms with Crippen molar-refractivity contribution in [3.8, 4) is 17.2 Å². The smallest absolute Gasteiger partial charge is 0.248 e. The number of nitrogens with two attached hydrogens (primary N) is 2. The molecule has 98 valence electrons. The molecular formula is C14H14N2O3. The van der Waals surface area contributed by atoms with Crippen LogP contribution in [0.1, 0.15) is 10.4 Å². The minimum Gasteiger partial charge on any atom is -0.494 e. The van der Waals surface area contributed by atoms with E-state index in [0.717, 1.165) is 0 Å². The fourth-order valence-corrected chi connectivity index (χ4v) is 1.63. The number of benzene rings is 2. The standard InChI is InChI=1S/C14H14N2O3/c1-18-11-6-3-7-12(13(11)15)19-10-5-2-4-9(8-10)14(16)17/h2-8H,15H2,1H3,(H2,16,17). The molecule has 0 heterocycles. The average Bonchev–Trinajstić information content (AvgIpc) is 2.41. The minimum atomic E-state index is -0.510. The van der Waals surface area contributed by atoms with Crippen molar-refractivity contribution >= 4 is 11.6 Å². The molecule has 0 saturated heterocycles. The van der Waals surface area contributed by atoms with Gasteiger partial charge >= 0.3 is 0 Å². The summed E-state index contributed by atoms with van der Waals surface area (Å²) in [4.78, 5) is 11.1. The fraction of sp³-hybridized carbons (Fsp3) is 0.0714. The summed E-state index contributed by atoms with van der Waals surface area (Å²) in [5.41, 5.74) is 11.9. The zero-order valence-electron chi connectivity index (χ0n) is 10.4. The van der Waals surface area contributed by atoms with Gasteiger partial charge in [0.25, 0.3) is 0 Å². The highest BCUT2D eigenvalue weighted by molar-refractivity contribution is 5.93. The molecule has 0 aromatic heterocycles. The zero-order valence-corrected chi connectivity index (χ0v) is 10.4. The molecular weight excluding hydrogens is 244 g/mol. The van der Waals surface area contributed by atoms with E-state index in [-0.39, 0.29) is 0 Å². The first kappa shape index (κ1) is 12.8. The summed E-state index contributed by atoms with van der Waals surface area (Å²) < 4.78 is 10.7. The summed E-state index contributed by atoms with van der Waals surface area (Å²) in [5.74, 6) is 0.963. The van der Waals surface area contributed by atoms with Gasteiger partial charge in [0.2, 0.25) is 5.91 Å². The Balaban J connectivity index is 2.31. The molecule has 2 aromatic rings. The molecule has 0 radical (unpaired) electrons. The molecule has 0 aliphatic carbocycles. The van der Waals surface area contributed by atoms with E-state index >= 15 is 0 Å². The van der Waals surface area contributed by atoms with Crippen molar-refractivity contribution in [1.29, 1.82) is 0 Å². The summed E-state index contributed by atoms with van der Waals surface area (Å²) in [5, 5.41) is 0. The number of methoxy groups -OCH3 is 1. The lowest BCUT2D eigenvalue weighted by molar-refractivity contribution is 0.1000. The van der Waals surface area contributed by atoms with Gasteiger partial charge in [-0.1, -0.05) is 12.1 Å². The van der Waals surface area contributed by atoms with Crippen LogP contribution in [0.15, 0.2) is 42.5 Å². The number of hydrogen-bond donors (Lipinski definition) is 2. The van der Waals surface area contributed by atoms with E-state index in [2.05, 4.69) is 0 Å².